The lowest BCUT2D eigenvalue weighted by Crippen LogP contribution is -2.20. The van der Waals surface area contributed by atoms with Crippen LogP contribution >= 0.6 is 0 Å². The monoisotopic (exact) mass is 207 g/mol. The third kappa shape index (κ3) is 4.24. The molecule has 0 amide bonds. The molecule has 0 aromatic heterocycles. The third-order valence-electron chi connectivity index (χ3n) is 3.75. The summed E-state index contributed by atoms with van der Waals surface area (Å²) in [6.45, 7) is 4.52. The molecule has 1 aliphatic carbocycles. The van der Waals surface area contributed by atoms with Gasteiger partial charge in [-0.05, 0) is 31.6 Å². The number of nitriles is 1. The maximum Gasteiger partial charge on any atom is 0.0689 e. The molecule has 1 aliphatic rings. The van der Waals surface area contributed by atoms with Crippen LogP contribution in [-0.4, -0.2) is 0 Å². The van der Waals surface area contributed by atoms with Crippen LogP contribution in [0.4, 0.5) is 0 Å². The molecule has 1 fully saturated rings. The first-order chi connectivity index (χ1) is 7.18. The molecule has 0 radical (unpaired) electrons. The molecule has 0 heterocycles. The summed E-state index contributed by atoms with van der Waals surface area (Å²) in [4.78, 5) is 0. The van der Waals surface area contributed by atoms with Crippen molar-refractivity contribution in [3.05, 3.63) is 0 Å². The van der Waals surface area contributed by atoms with E-state index in [1.54, 1.807) is 0 Å². The summed E-state index contributed by atoms with van der Waals surface area (Å²) in [5, 5.41) is 9.42. The molecule has 1 rings (SSSR count). The van der Waals surface area contributed by atoms with E-state index in [-0.39, 0.29) is 5.41 Å². The smallest absolute Gasteiger partial charge is 0.0689 e. The largest absolute Gasteiger partial charge is 0.198 e. The summed E-state index contributed by atoms with van der Waals surface area (Å²) in [5.41, 5.74) is 0.0324. The maximum atomic E-state index is 9.42. The van der Waals surface area contributed by atoms with Gasteiger partial charge >= 0.3 is 0 Å². The van der Waals surface area contributed by atoms with E-state index in [1.165, 1.54) is 38.5 Å². The molecule has 0 spiro atoms. The van der Waals surface area contributed by atoms with Crippen LogP contribution < -0.4 is 0 Å². The fourth-order valence-corrected chi connectivity index (χ4v) is 2.56. The van der Waals surface area contributed by atoms with Crippen LogP contribution in [0.25, 0.3) is 0 Å². The Hall–Kier alpha value is -0.510. The van der Waals surface area contributed by atoms with Gasteiger partial charge in [0, 0.05) is 0 Å². The van der Waals surface area contributed by atoms with Crippen molar-refractivity contribution in [2.75, 3.05) is 0 Å². The Morgan fingerprint density at radius 1 is 1.07 bits per heavy atom. The van der Waals surface area contributed by atoms with Crippen LogP contribution in [0.3, 0.4) is 0 Å². The van der Waals surface area contributed by atoms with Crippen molar-refractivity contribution < 1.29 is 0 Å². The van der Waals surface area contributed by atoms with Gasteiger partial charge in [0.1, 0.15) is 0 Å². The average molecular weight is 207 g/mol. The molecular formula is C14H25N. The molecule has 0 atom stereocenters. The van der Waals surface area contributed by atoms with Gasteiger partial charge in [-0.25, -0.2) is 0 Å². The van der Waals surface area contributed by atoms with E-state index in [4.69, 9.17) is 0 Å². The summed E-state index contributed by atoms with van der Waals surface area (Å²) in [7, 11) is 0. The van der Waals surface area contributed by atoms with Gasteiger partial charge in [-0.15, -0.1) is 0 Å². The Morgan fingerprint density at radius 3 is 2.07 bits per heavy atom. The zero-order valence-corrected chi connectivity index (χ0v) is 10.4. The lowest BCUT2D eigenvalue weighted by molar-refractivity contribution is 0.252. The van der Waals surface area contributed by atoms with Gasteiger partial charge in [-0.1, -0.05) is 46.0 Å². The Bertz CT molecular complexity index is 204. The first-order valence-corrected chi connectivity index (χ1v) is 6.60. The van der Waals surface area contributed by atoms with Crippen molar-refractivity contribution >= 4 is 0 Å². The van der Waals surface area contributed by atoms with Gasteiger partial charge in [0.05, 0.1) is 11.5 Å². The lowest BCUT2D eigenvalue weighted by atomic mass is 9.73. The Kier molecular flexibility index (Phi) is 5.15. The van der Waals surface area contributed by atoms with Crippen LogP contribution in [0.1, 0.15) is 71.6 Å². The van der Waals surface area contributed by atoms with Gasteiger partial charge in [0.15, 0.2) is 0 Å². The van der Waals surface area contributed by atoms with Crippen molar-refractivity contribution in [1.29, 1.82) is 5.26 Å². The summed E-state index contributed by atoms with van der Waals surface area (Å²) in [6, 6.07) is 2.64. The molecule has 0 unspecified atom stereocenters. The fraction of sp³-hybridized carbons (Fsp3) is 0.929. The molecule has 1 saturated carbocycles. The minimum atomic E-state index is 0.0324. The first-order valence-electron chi connectivity index (χ1n) is 6.60. The van der Waals surface area contributed by atoms with Crippen LogP contribution in [0, 0.1) is 22.7 Å². The van der Waals surface area contributed by atoms with Crippen molar-refractivity contribution in [2.45, 2.75) is 71.6 Å². The van der Waals surface area contributed by atoms with Gasteiger partial charge in [0.2, 0.25) is 0 Å². The number of hydrogen-bond acceptors (Lipinski definition) is 1. The Labute approximate surface area is 94.9 Å². The van der Waals surface area contributed by atoms with Crippen molar-refractivity contribution in [3.8, 4) is 6.07 Å². The molecular weight excluding hydrogens is 182 g/mol. The second-order valence-corrected chi connectivity index (χ2v) is 5.59. The topological polar surface area (TPSA) is 23.8 Å². The highest BCUT2D eigenvalue weighted by atomic mass is 14.4. The molecule has 1 heteroatoms. The van der Waals surface area contributed by atoms with E-state index in [1.807, 2.05) is 0 Å². The molecule has 15 heavy (non-hydrogen) atoms. The van der Waals surface area contributed by atoms with Gasteiger partial charge < -0.3 is 0 Å². The van der Waals surface area contributed by atoms with Crippen molar-refractivity contribution in [3.63, 3.8) is 0 Å². The SMILES string of the molecule is CC(C)CCC1(C#N)CCCCCCC1. The van der Waals surface area contributed by atoms with E-state index >= 15 is 0 Å². The number of hydrogen-bond donors (Lipinski definition) is 0. The standard InChI is InChI=1S/C14H25N/c1-13(2)8-11-14(12-15)9-6-4-3-5-7-10-14/h13H,3-11H2,1-2H3. The van der Waals surface area contributed by atoms with E-state index in [2.05, 4.69) is 19.9 Å². The molecule has 0 aromatic carbocycles. The normalized spacial score (nSPS) is 21.7. The minimum Gasteiger partial charge on any atom is -0.198 e. The van der Waals surface area contributed by atoms with Crippen molar-refractivity contribution in [1.82, 2.24) is 0 Å². The van der Waals surface area contributed by atoms with Crippen LogP contribution in [0.2, 0.25) is 0 Å². The summed E-state index contributed by atoms with van der Waals surface area (Å²) >= 11 is 0. The molecule has 0 aliphatic heterocycles. The average Bonchev–Trinajstić information content (AvgIpc) is 2.17. The quantitative estimate of drug-likeness (QED) is 0.659. The Balaban J connectivity index is 2.51. The zero-order chi connectivity index (χ0) is 11.1. The molecule has 0 N–H and O–H groups in total. The highest BCUT2D eigenvalue weighted by Gasteiger charge is 2.29. The zero-order valence-electron chi connectivity index (χ0n) is 10.4. The highest BCUT2D eigenvalue weighted by Crippen LogP contribution is 2.38. The summed E-state index contributed by atoms with van der Waals surface area (Å²) < 4.78 is 0. The van der Waals surface area contributed by atoms with Crippen LogP contribution in [0.15, 0.2) is 0 Å². The van der Waals surface area contributed by atoms with E-state index in [0.29, 0.717) is 0 Å². The van der Waals surface area contributed by atoms with E-state index in [0.717, 1.165) is 25.2 Å². The molecule has 86 valence electrons. The fourth-order valence-electron chi connectivity index (χ4n) is 2.56. The lowest BCUT2D eigenvalue weighted by Gasteiger charge is -2.29. The predicted molar refractivity (Wildman–Crippen MR) is 64.4 cm³/mol. The Morgan fingerprint density at radius 2 is 1.60 bits per heavy atom. The van der Waals surface area contributed by atoms with E-state index in [9.17, 15) is 5.26 Å². The van der Waals surface area contributed by atoms with E-state index < -0.39 is 0 Å². The van der Waals surface area contributed by atoms with Gasteiger partial charge in [0.25, 0.3) is 0 Å². The summed E-state index contributed by atoms with van der Waals surface area (Å²) in [6.07, 6.45) is 11.2. The molecule has 1 nitrogen and oxygen atoms in total. The number of nitrogens with zero attached hydrogens (tertiary/aromatic N) is 1. The predicted octanol–water partition coefficient (Wildman–Crippen LogP) is 4.68. The van der Waals surface area contributed by atoms with Crippen LogP contribution in [-0.2, 0) is 0 Å². The van der Waals surface area contributed by atoms with Crippen LogP contribution in [0.5, 0.6) is 0 Å². The second kappa shape index (κ2) is 6.16. The number of rotatable bonds is 3. The first kappa shape index (κ1) is 12.6. The minimum absolute atomic E-state index is 0.0324. The second-order valence-electron chi connectivity index (χ2n) is 5.59. The third-order valence-corrected chi connectivity index (χ3v) is 3.75. The summed E-state index contributed by atoms with van der Waals surface area (Å²) in [5.74, 6) is 0.737. The molecule has 0 aromatic rings. The van der Waals surface area contributed by atoms with Gasteiger partial charge in [-0.3, -0.25) is 0 Å². The van der Waals surface area contributed by atoms with Crippen molar-refractivity contribution in [2.24, 2.45) is 11.3 Å². The maximum absolute atomic E-state index is 9.42. The molecule has 0 saturated heterocycles. The molecule has 0 bridgehead atoms. The van der Waals surface area contributed by atoms with Gasteiger partial charge in [-0.2, -0.15) is 5.26 Å². The highest BCUT2D eigenvalue weighted by molar-refractivity contribution is 4.99.